The fraction of sp³-hybridized carbons (Fsp3) is 0.667. The minimum Gasteiger partial charge on any atom is -0.484 e. The Morgan fingerprint density at radius 1 is 1.21 bits per heavy atom. The topological polar surface area (TPSA) is 96.1 Å². The van der Waals surface area contributed by atoms with Gasteiger partial charge in [0.1, 0.15) is 24.6 Å². The fourth-order valence-corrected chi connectivity index (χ4v) is 5.22. The molecule has 3 rings (SSSR count). The second kappa shape index (κ2) is 9.58. The number of ether oxygens (including phenoxy) is 3. The second-order valence-electron chi connectivity index (χ2n) is 11.3. The molecule has 10 heteroatoms. The molecule has 2 aliphatic heterocycles. The van der Waals surface area contributed by atoms with Crippen molar-refractivity contribution in [2.24, 2.45) is 0 Å². The normalized spacial score (nSPS) is 19.4. The Hall–Kier alpha value is -1.97. The Morgan fingerprint density at radius 3 is 2.47 bits per heavy atom. The van der Waals surface area contributed by atoms with E-state index in [1.54, 1.807) is 4.90 Å². The van der Waals surface area contributed by atoms with Gasteiger partial charge in [-0.15, -0.1) is 0 Å². The summed E-state index contributed by atoms with van der Waals surface area (Å²) >= 11 is 6.66. The number of aromatic nitrogens is 1. The molecule has 3 heterocycles. The maximum atomic E-state index is 13.0. The number of anilines is 1. The van der Waals surface area contributed by atoms with E-state index >= 15 is 0 Å². The second-order valence-corrected chi connectivity index (χ2v) is 16.5. The van der Waals surface area contributed by atoms with Crippen molar-refractivity contribution < 1.29 is 23.4 Å². The zero-order chi connectivity index (χ0) is 25.5. The van der Waals surface area contributed by atoms with Gasteiger partial charge in [-0.25, -0.2) is 4.79 Å². The van der Waals surface area contributed by atoms with Crippen LogP contribution < -0.4 is 15.2 Å². The van der Waals surface area contributed by atoms with Gasteiger partial charge in [-0.1, -0.05) is 38.4 Å². The maximum Gasteiger partial charge on any atom is 0.410 e. The van der Waals surface area contributed by atoms with Gasteiger partial charge in [-0.3, -0.25) is 0 Å². The van der Waals surface area contributed by atoms with E-state index in [2.05, 4.69) is 38.8 Å². The predicted molar refractivity (Wildman–Crippen MR) is 137 cm³/mol. The monoisotopic (exact) mass is 511 g/mol. The number of hydrogen-bond donors (Lipinski definition) is 1. The van der Waals surface area contributed by atoms with E-state index in [9.17, 15) is 4.79 Å². The van der Waals surface area contributed by atoms with Gasteiger partial charge in [0.05, 0.1) is 11.1 Å². The quantitative estimate of drug-likeness (QED) is 0.535. The summed E-state index contributed by atoms with van der Waals surface area (Å²) in [5, 5.41) is 0.321. The minimum absolute atomic E-state index is 0.00872. The smallest absolute Gasteiger partial charge is 0.410 e. The number of amides is 1. The number of fused-ring (bicyclic) bond motifs is 1. The molecule has 0 spiro atoms. The lowest BCUT2D eigenvalue weighted by atomic mass is 9.99. The lowest BCUT2D eigenvalue weighted by Crippen LogP contribution is -2.48. The number of hydrogen-bond acceptors (Lipinski definition) is 7. The van der Waals surface area contributed by atoms with Crippen LogP contribution in [-0.2, 0) is 9.16 Å². The molecule has 1 unspecified atom stereocenters. The summed E-state index contributed by atoms with van der Waals surface area (Å²) < 4.78 is 24.0. The Labute approximate surface area is 208 Å². The summed E-state index contributed by atoms with van der Waals surface area (Å²) in [6, 6.07) is 0. The molecule has 8 nitrogen and oxygen atoms in total. The summed E-state index contributed by atoms with van der Waals surface area (Å²) in [5.41, 5.74) is 7.05. The van der Waals surface area contributed by atoms with Gasteiger partial charge in [0.15, 0.2) is 14.1 Å². The zero-order valence-corrected chi connectivity index (χ0v) is 23.3. The molecule has 1 atom stereocenters. The maximum absolute atomic E-state index is 13.0. The molecule has 0 aliphatic carbocycles. The first-order valence-electron chi connectivity index (χ1n) is 11.7. The molecule has 0 saturated carbocycles. The molecule has 2 aliphatic rings. The molecule has 0 fully saturated rings. The number of nitrogens with zero attached hydrogens (tertiary/aromatic N) is 2. The van der Waals surface area contributed by atoms with Gasteiger partial charge < -0.3 is 29.3 Å². The van der Waals surface area contributed by atoms with Gasteiger partial charge in [-0.05, 0) is 50.9 Å². The number of rotatable bonds is 3. The SMILES string of the molecule is CC(C)(C)OC(=O)N1CC=C(c2c(Cl)c(N)nc3c2OCCO3)CC(O[Si](C)(C)C(C)(C)C)C1. The van der Waals surface area contributed by atoms with Crippen LogP contribution in [0.25, 0.3) is 5.57 Å². The molecule has 0 bridgehead atoms. The fourth-order valence-electron chi connectivity index (χ4n) is 3.63. The average Bonchev–Trinajstić information content (AvgIpc) is 2.89. The van der Waals surface area contributed by atoms with E-state index in [0.29, 0.717) is 54.9 Å². The summed E-state index contributed by atoms with van der Waals surface area (Å²) in [4.78, 5) is 18.9. The van der Waals surface area contributed by atoms with E-state index in [1.807, 2.05) is 26.8 Å². The molecule has 0 radical (unpaired) electrons. The molecule has 1 aromatic rings. The van der Waals surface area contributed by atoms with Crippen molar-refractivity contribution in [3.8, 4) is 11.6 Å². The third-order valence-corrected chi connectivity index (χ3v) is 11.2. The van der Waals surface area contributed by atoms with Crippen LogP contribution in [0.4, 0.5) is 10.6 Å². The van der Waals surface area contributed by atoms with Gasteiger partial charge in [-0.2, -0.15) is 4.98 Å². The Bertz CT molecular complexity index is 969. The van der Waals surface area contributed by atoms with E-state index in [1.165, 1.54) is 0 Å². The highest BCUT2D eigenvalue weighted by molar-refractivity contribution is 6.74. The van der Waals surface area contributed by atoms with Gasteiger partial charge in [0.25, 0.3) is 5.88 Å². The summed E-state index contributed by atoms with van der Waals surface area (Å²) in [7, 11) is -2.14. The van der Waals surface area contributed by atoms with Crippen molar-refractivity contribution in [2.45, 2.75) is 77.8 Å². The Balaban J connectivity index is 2.03. The lowest BCUT2D eigenvalue weighted by Gasteiger charge is -2.40. The van der Waals surface area contributed by atoms with Crippen molar-refractivity contribution in [1.82, 2.24) is 9.88 Å². The average molecular weight is 512 g/mol. The van der Waals surface area contributed by atoms with Crippen LogP contribution in [0.15, 0.2) is 6.08 Å². The number of halogens is 1. The number of nitrogen functional groups attached to an aromatic ring is 1. The van der Waals surface area contributed by atoms with Crippen LogP contribution in [0.3, 0.4) is 0 Å². The first-order valence-corrected chi connectivity index (χ1v) is 15.0. The first-order chi connectivity index (χ1) is 15.6. The summed E-state index contributed by atoms with van der Waals surface area (Å²) in [5.74, 6) is 0.990. The van der Waals surface area contributed by atoms with Crippen molar-refractivity contribution in [1.29, 1.82) is 0 Å². The van der Waals surface area contributed by atoms with Gasteiger partial charge in [0.2, 0.25) is 0 Å². The predicted octanol–water partition coefficient (Wildman–Crippen LogP) is 5.50. The van der Waals surface area contributed by atoms with Crippen LogP contribution in [0, 0.1) is 0 Å². The van der Waals surface area contributed by atoms with Crippen LogP contribution in [0.1, 0.15) is 53.5 Å². The molecule has 1 amide bonds. The first kappa shape index (κ1) is 26.6. The van der Waals surface area contributed by atoms with E-state index < -0.39 is 13.9 Å². The van der Waals surface area contributed by atoms with E-state index in [0.717, 1.165) is 5.57 Å². The molecule has 34 heavy (non-hydrogen) atoms. The van der Waals surface area contributed by atoms with Crippen LogP contribution in [0.2, 0.25) is 23.2 Å². The van der Waals surface area contributed by atoms with E-state index in [4.69, 9.17) is 36.0 Å². The number of nitrogens with two attached hydrogens (primary N) is 1. The van der Waals surface area contributed by atoms with Crippen molar-refractivity contribution in [2.75, 3.05) is 32.0 Å². The van der Waals surface area contributed by atoms with E-state index in [-0.39, 0.29) is 23.1 Å². The highest BCUT2D eigenvalue weighted by atomic mass is 35.5. The number of pyridine rings is 1. The molecule has 0 saturated heterocycles. The van der Waals surface area contributed by atoms with Crippen LogP contribution >= 0.6 is 11.6 Å². The number of carbonyl (C=O) groups is 1. The van der Waals surface area contributed by atoms with Gasteiger partial charge >= 0.3 is 6.09 Å². The Kier molecular flexibility index (Phi) is 7.51. The zero-order valence-electron chi connectivity index (χ0n) is 21.6. The molecular formula is C24H38ClN3O5Si. The van der Waals surface area contributed by atoms with Crippen LogP contribution in [-0.4, -0.2) is 62.3 Å². The highest BCUT2D eigenvalue weighted by Gasteiger charge is 2.41. The molecular weight excluding hydrogens is 474 g/mol. The largest absolute Gasteiger partial charge is 0.484 e. The Morgan fingerprint density at radius 2 is 1.85 bits per heavy atom. The van der Waals surface area contributed by atoms with Crippen molar-refractivity contribution >= 4 is 37.4 Å². The lowest BCUT2D eigenvalue weighted by molar-refractivity contribution is 0.0196. The van der Waals surface area contributed by atoms with Crippen molar-refractivity contribution in [3.63, 3.8) is 0 Å². The molecule has 190 valence electrons. The highest BCUT2D eigenvalue weighted by Crippen LogP contribution is 2.46. The third kappa shape index (κ3) is 5.98. The van der Waals surface area contributed by atoms with Gasteiger partial charge in [0, 0.05) is 18.7 Å². The summed E-state index contributed by atoms with van der Waals surface area (Å²) in [6.45, 7) is 18.1. The standard InChI is InChI=1S/C24H38ClN3O5Si/c1-23(2,3)32-22(29)28-10-9-15(13-16(14-28)33-34(7,8)24(4,5)6)17-18(25)20(26)27-21-19(17)30-11-12-31-21/h9,16H,10-14H2,1-8H3,(H2,26,27). The molecule has 0 aromatic carbocycles. The molecule has 2 N–H and O–H groups in total. The summed E-state index contributed by atoms with van der Waals surface area (Å²) in [6.07, 6.45) is 1.87. The molecule has 1 aromatic heterocycles. The minimum atomic E-state index is -2.14. The third-order valence-electron chi connectivity index (χ3n) is 6.33. The van der Waals surface area contributed by atoms with Crippen molar-refractivity contribution in [3.05, 3.63) is 16.7 Å². The van der Waals surface area contributed by atoms with Crippen LogP contribution in [0.5, 0.6) is 11.6 Å². The number of carbonyl (C=O) groups excluding carboxylic acids is 1.